The highest BCUT2D eigenvalue weighted by molar-refractivity contribution is 5.70. The van der Waals surface area contributed by atoms with Gasteiger partial charge in [0.05, 0.1) is 5.56 Å². The van der Waals surface area contributed by atoms with Crippen LogP contribution >= 0.6 is 0 Å². The smallest absolute Gasteiger partial charge is 0.302 e. The van der Waals surface area contributed by atoms with Crippen LogP contribution in [0.1, 0.15) is 24.2 Å². The Kier molecular flexibility index (Phi) is 5.93. The lowest BCUT2D eigenvalue weighted by atomic mass is 10.0. The monoisotopic (exact) mass is 462 g/mol. The number of phenolic OH excluding ortho intramolecular Hbond substituents is 4. The summed E-state index contributed by atoms with van der Waals surface area (Å²) in [7, 11) is 0. The minimum Gasteiger partial charge on any atom is -0.508 e. The highest BCUT2D eigenvalue weighted by atomic mass is 16.7. The molecule has 0 spiro atoms. The van der Waals surface area contributed by atoms with Crippen LogP contribution in [0, 0.1) is 0 Å². The van der Waals surface area contributed by atoms with Gasteiger partial charge in [0.2, 0.25) is 6.29 Å². The topological polar surface area (TPSA) is 175 Å². The van der Waals surface area contributed by atoms with E-state index < -0.39 is 42.4 Å². The van der Waals surface area contributed by atoms with Gasteiger partial charge in [0.25, 0.3) is 0 Å². The summed E-state index contributed by atoms with van der Waals surface area (Å²) in [5, 5.41) is 60.2. The van der Waals surface area contributed by atoms with Gasteiger partial charge in [-0.25, -0.2) is 0 Å². The van der Waals surface area contributed by atoms with Crippen LogP contribution in [0.3, 0.4) is 0 Å². The number of ether oxygens (including phenoxy) is 4. The van der Waals surface area contributed by atoms with Gasteiger partial charge in [0.15, 0.2) is 17.6 Å². The van der Waals surface area contributed by atoms with Gasteiger partial charge in [-0.05, 0) is 18.2 Å². The second kappa shape index (κ2) is 8.70. The van der Waals surface area contributed by atoms with Gasteiger partial charge >= 0.3 is 5.97 Å². The molecule has 176 valence electrons. The highest BCUT2D eigenvalue weighted by Gasteiger charge is 2.46. The van der Waals surface area contributed by atoms with Gasteiger partial charge in [-0.3, -0.25) is 4.79 Å². The fourth-order valence-corrected chi connectivity index (χ4v) is 3.56. The van der Waals surface area contributed by atoms with E-state index in [0.29, 0.717) is 5.56 Å². The molecule has 0 aliphatic carbocycles. The number of carbonyl (C=O) groups is 1. The molecule has 2 aliphatic heterocycles. The summed E-state index contributed by atoms with van der Waals surface area (Å²) in [6, 6.07) is 6.29. The van der Waals surface area contributed by atoms with Crippen LogP contribution in [0.25, 0.3) is 6.08 Å². The number of hydrogen-bond acceptors (Lipinski definition) is 11. The van der Waals surface area contributed by atoms with E-state index >= 15 is 0 Å². The first-order valence-electron chi connectivity index (χ1n) is 9.91. The van der Waals surface area contributed by atoms with E-state index in [1.165, 1.54) is 37.3 Å². The van der Waals surface area contributed by atoms with Crippen molar-refractivity contribution >= 4 is 12.0 Å². The lowest BCUT2D eigenvalue weighted by Gasteiger charge is -2.30. The summed E-state index contributed by atoms with van der Waals surface area (Å²) in [4.78, 5) is 11.1. The summed E-state index contributed by atoms with van der Waals surface area (Å²) in [6.07, 6.45) is -5.00. The molecule has 5 unspecified atom stereocenters. The molecule has 2 aliphatic rings. The second-order valence-electron chi connectivity index (χ2n) is 7.61. The first-order valence-corrected chi connectivity index (χ1v) is 9.91. The maximum atomic E-state index is 11.1. The largest absolute Gasteiger partial charge is 0.508 e. The first kappa shape index (κ1) is 22.5. The van der Waals surface area contributed by atoms with Crippen molar-refractivity contribution in [1.82, 2.24) is 0 Å². The fraction of sp³-hybridized carbons (Fsp3) is 0.318. The van der Waals surface area contributed by atoms with Gasteiger partial charge in [0.1, 0.15) is 47.9 Å². The molecule has 1 fully saturated rings. The minimum atomic E-state index is -1.50. The molecule has 2 aromatic carbocycles. The van der Waals surface area contributed by atoms with Crippen molar-refractivity contribution in [2.75, 3.05) is 6.61 Å². The molecule has 6 N–H and O–H groups in total. The van der Waals surface area contributed by atoms with Gasteiger partial charge in [-0.15, -0.1) is 0 Å². The normalized spacial score (nSPS) is 26.2. The number of benzene rings is 2. The van der Waals surface area contributed by atoms with Crippen LogP contribution < -0.4 is 4.74 Å². The van der Waals surface area contributed by atoms with E-state index in [2.05, 4.69) is 0 Å². The maximum Gasteiger partial charge on any atom is 0.302 e. The Balaban J connectivity index is 1.67. The SMILES string of the molecule is CC(=O)OCC1OC(OC2=Cc3c(O)cc(O)cc3OC2c2ccc(O)c(O)c2)C(O)C1O. The standard InChI is InChI=1S/C22H22O11/c1-9(23)30-8-18-19(28)20(29)22(33-18)32-17-7-12-14(26)5-11(24)6-16(12)31-21(17)10-2-3-13(25)15(27)4-10/h2-7,18-22,24-29H,8H2,1H3. The molecule has 0 aromatic heterocycles. The van der Waals surface area contributed by atoms with Crippen LogP contribution in [-0.2, 0) is 19.0 Å². The molecule has 0 amide bonds. The third-order valence-electron chi connectivity index (χ3n) is 5.22. The average Bonchev–Trinajstić information content (AvgIpc) is 3.02. The number of fused-ring (bicyclic) bond motifs is 1. The fourth-order valence-electron chi connectivity index (χ4n) is 3.56. The van der Waals surface area contributed by atoms with Crippen molar-refractivity contribution in [1.29, 1.82) is 0 Å². The number of rotatable bonds is 5. The van der Waals surface area contributed by atoms with Gasteiger partial charge < -0.3 is 49.6 Å². The van der Waals surface area contributed by atoms with Crippen LogP contribution in [0.15, 0.2) is 36.1 Å². The number of aliphatic hydroxyl groups is 2. The third-order valence-corrected chi connectivity index (χ3v) is 5.22. The Bertz CT molecular complexity index is 1100. The van der Waals surface area contributed by atoms with E-state index in [-0.39, 0.29) is 40.9 Å². The molecule has 2 heterocycles. The zero-order valence-corrected chi connectivity index (χ0v) is 17.3. The van der Waals surface area contributed by atoms with Crippen molar-refractivity contribution in [2.24, 2.45) is 0 Å². The number of phenols is 4. The molecule has 33 heavy (non-hydrogen) atoms. The van der Waals surface area contributed by atoms with Gasteiger partial charge in [0, 0.05) is 24.6 Å². The van der Waals surface area contributed by atoms with E-state index in [9.17, 15) is 35.4 Å². The molecule has 11 nitrogen and oxygen atoms in total. The van der Waals surface area contributed by atoms with Crippen molar-refractivity contribution in [3.63, 3.8) is 0 Å². The van der Waals surface area contributed by atoms with Crippen LogP contribution in [0.2, 0.25) is 0 Å². The van der Waals surface area contributed by atoms with Gasteiger partial charge in [-0.2, -0.15) is 0 Å². The number of esters is 1. The lowest BCUT2D eigenvalue weighted by Crippen LogP contribution is -2.35. The third kappa shape index (κ3) is 4.46. The Morgan fingerprint density at radius 3 is 2.45 bits per heavy atom. The van der Waals surface area contributed by atoms with Gasteiger partial charge in [-0.1, -0.05) is 6.07 Å². The van der Waals surface area contributed by atoms with E-state index in [1.807, 2.05) is 0 Å². The molecule has 11 heteroatoms. The number of aliphatic hydroxyl groups excluding tert-OH is 2. The molecular formula is C22H22O11. The summed E-state index contributed by atoms with van der Waals surface area (Å²) in [6.45, 7) is 0.885. The van der Waals surface area contributed by atoms with E-state index in [4.69, 9.17) is 18.9 Å². The quantitative estimate of drug-likeness (QED) is 0.276. The molecule has 2 aromatic rings. The Hall–Kier alpha value is -3.67. The van der Waals surface area contributed by atoms with Crippen molar-refractivity contribution in [3.8, 4) is 28.7 Å². The average molecular weight is 462 g/mol. The molecule has 1 saturated heterocycles. The Morgan fingerprint density at radius 1 is 1.00 bits per heavy atom. The highest BCUT2D eigenvalue weighted by Crippen LogP contribution is 2.45. The van der Waals surface area contributed by atoms with Crippen molar-refractivity contribution in [2.45, 2.75) is 37.6 Å². The number of aromatic hydroxyl groups is 4. The summed E-state index contributed by atoms with van der Waals surface area (Å²) < 4.78 is 22.0. The van der Waals surface area contributed by atoms with E-state index in [1.54, 1.807) is 0 Å². The Morgan fingerprint density at radius 2 is 1.76 bits per heavy atom. The number of hydrogen-bond donors (Lipinski definition) is 6. The summed E-state index contributed by atoms with van der Waals surface area (Å²) in [5.74, 6) is -1.79. The predicted molar refractivity (Wildman–Crippen MR) is 109 cm³/mol. The molecule has 0 radical (unpaired) electrons. The summed E-state index contributed by atoms with van der Waals surface area (Å²) in [5.41, 5.74) is 0.501. The van der Waals surface area contributed by atoms with Crippen LogP contribution in [0.4, 0.5) is 0 Å². The predicted octanol–water partition coefficient (Wildman–Crippen LogP) is 1.01. The molecule has 0 bridgehead atoms. The van der Waals surface area contributed by atoms with Crippen molar-refractivity contribution in [3.05, 3.63) is 47.2 Å². The zero-order chi connectivity index (χ0) is 23.9. The number of carbonyl (C=O) groups excluding carboxylic acids is 1. The molecular weight excluding hydrogens is 440 g/mol. The molecule has 0 saturated carbocycles. The van der Waals surface area contributed by atoms with E-state index in [0.717, 1.165) is 6.07 Å². The molecule has 4 rings (SSSR count). The summed E-state index contributed by atoms with van der Waals surface area (Å²) >= 11 is 0. The van der Waals surface area contributed by atoms with Crippen molar-refractivity contribution < 1.29 is 54.4 Å². The lowest BCUT2D eigenvalue weighted by molar-refractivity contribution is -0.164. The Labute approximate surface area is 187 Å². The maximum absolute atomic E-state index is 11.1. The first-order chi connectivity index (χ1) is 15.6. The van der Waals surface area contributed by atoms with Crippen LogP contribution in [0.5, 0.6) is 28.7 Å². The minimum absolute atomic E-state index is 0.0259. The molecule has 5 atom stereocenters. The van der Waals surface area contributed by atoms with Crippen LogP contribution in [-0.4, -0.2) is 67.8 Å². The second-order valence-corrected chi connectivity index (χ2v) is 7.61. The zero-order valence-electron chi connectivity index (χ0n) is 17.3.